The largest absolute Gasteiger partial charge is 0.489 e. The SMILES string of the molecule is CC(C)C[C@H](CC(=O)Cn1c2ccccc2c2ccc(OCc3ccccc3)cc21)C(=O)N[C@@H](CC(C)C)B(O)O. The minimum atomic E-state index is -1.66. The number of carbonyl (C=O) groups excluding carboxylic acids is 2. The number of ketones is 1. The maximum atomic E-state index is 13.6. The highest BCUT2D eigenvalue weighted by Crippen LogP contribution is 2.32. The quantitative estimate of drug-likeness (QED) is 0.177. The molecule has 1 amide bonds. The van der Waals surface area contributed by atoms with E-state index >= 15 is 0 Å². The van der Waals surface area contributed by atoms with E-state index < -0.39 is 19.0 Å². The van der Waals surface area contributed by atoms with Gasteiger partial charge in [-0.25, -0.2) is 0 Å². The van der Waals surface area contributed by atoms with E-state index in [9.17, 15) is 19.6 Å². The van der Waals surface area contributed by atoms with Gasteiger partial charge < -0.3 is 24.7 Å². The molecule has 8 heteroatoms. The number of nitrogens with zero attached hydrogens (tertiary/aromatic N) is 1. The third-order valence-electron chi connectivity index (χ3n) is 7.34. The van der Waals surface area contributed by atoms with Crippen LogP contribution in [0.4, 0.5) is 0 Å². The molecule has 0 fully saturated rings. The van der Waals surface area contributed by atoms with Crippen LogP contribution >= 0.6 is 0 Å². The number of para-hydroxylation sites is 1. The lowest BCUT2D eigenvalue weighted by Gasteiger charge is -2.24. The Balaban J connectivity index is 1.57. The van der Waals surface area contributed by atoms with Gasteiger partial charge in [0.05, 0.1) is 18.0 Å². The molecule has 1 heterocycles. The van der Waals surface area contributed by atoms with Crippen LogP contribution in [-0.2, 0) is 22.7 Å². The van der Waals surface area contributed by atoms with Crippen LogP contribution in [0.1, 0.15) is 52.5 Å². The van der Waals surface area contributed by atoms with Gasteiger partial charge in [0.2, 0.25) is 5.91 Å². The molecule has 1 aromatic heterocycles. The Kier molecular flexibility index (Phi) is 10.2. The molecule has 3 N–H and O–H groups in total. The Morgan fingerprint density at radius 2 is 1.51 bits per heavy atom. The monoisotopic (exact) mass is 556 g/mol. The summed E-state index contributed by atoms with van der Waals surface area (Å²) in [7, 11) is -1.66. The van der Waals surface area contributed by atoms with E-state index in [0.29, 0.717) is 25.2 Å². The van der Waals surface area contributed by atoms with Crippen molar-refractivity contribution in [3.63, 3.8) is 0 Å². The average molecular weight is 557 g/mol. The number of carbonyl (C=O) groups is 2. The standard InChI is InChI=1S/C33H41BN2O5/c1-22(2)16-25(33(38)35-32(34(39)40)17-23(3)4)18-26(37)20-36-30-13-9-8-12-28(30)29-15-14-27(19-31(29)36)41-21-24-10-6-5-7-11-24/h5-15,19,22-23,25,32,39-40H,16-18,20-21H2,1-4H3,(H,35,38)/t25-,32+/m1/s1. The Morgan fingerprint density at radius 1 is 0.854 bits per heavy atom. The fourth-order valence-corrected chi connectivity index (χ4v) is 5.46. The van der Waals surface area contributed by atoms with Gasteiger partial charge in [0, 0.05) is 34.7 Å². The topological polar surface area (TPSA) is 101 Å². The molecule has 0 saturated carbocycles. The summed E-state index contributed by atoms with van der Waals surface area (Å²) in [6.45, 7) is 8.51. The summed E-state index contributed by atoms with van der Waals surface area (Å²) >= 11 is 0. The molecule has 7 nitrogen and oxygen atoms in total. The molecule has 0 unspecified atom stereocenters. The van der Waals surface area contributed by atoms with Crippen LogP contribution in [0.2, 0.25) is 0 Å². The summed E-state index contributed by atoms with van der Waals surface area (Å²) in [6, 6.07) is 23.9. The number of rotatable bonds is 14. The van der Waals surface area contributed by atoms with Crippen LogP contribution in [0.3, 0.4) is 0 Å². The van der Waals surface area contributed by atoms with Gasteiger partial charge in [-0.1, -0.05) is 76.2 Å². The van der Waals surface area contributed by atoms with Crippen molar-refractivity contribution in [3.05, 3.63) is 78.4 Å². The predicted molar refractivity (Wildman–Crippen MR) is 164 cm³/mol. The van der Waals surface area contributed by atoms with Crippen molar-refractivity contribution in [2.45, 2.75) is 66.1 Å². The predicted octanol–water partition coefficient (Wildman–Crippen LogP) is 5.54. The number of Topliss-reactive ketones (excluding diaryl/α,β-unsaturated/α-hetero) is 1. The summed E-state index contributed by atoms with van der Waals surface area (Å²) in [4.78, 5) is 26.8. The molecule has 0 spiro atoms. The van der Waals surface area contributed by atoms with E-state index in [1.54, 1.807) is 0 Å². The number of ether oxygens (including phenoxy) is 1. The molecule has 0 aliphatic heterocycles. The molecule has 216 valence electrons. The summed E-state index contributed by atoms with van der Waals surface area (Å²) in [5.41, 5.74) is 2.92. The number of hydrogen-bond acceptors (Lipinski definition) is 5. The minimum absolute atomic E-state index is 0.0611. The number of nitrogens with one attached hydrogen (secondary N) is 1. The van der Waals surface area contributed by atoms with Gasteiger partial charge in [0.25, 0.3) is 0 Å². The average Bonchev–Trinajstić information content (AvgIpc) is 3.23. The maximum Gasteiger partial charge on any atom is 0.475 e. The molecule has 0 aliphatic rings. The van der Waals surface area contributed by atoms with Crippen molar-refractivity contribution in [1.82, 2.24) is 9.88 Å². The molecule has 0 aliphatic carbocycles. The summed E-state index contributed by atoms with van der Waals surface area (Å²) in [5.74, 6) is -0.636. The van der Waals surface area contributed by atoms with Crippen molar-refractivity contribution in [3.8, 4) is 5.75 Å². The first kappa shape index (κ1) is 30.3. The van der Waals surface area contributed by atoms with Crippen molar-refractivity contribution in [2.75, 3.05) is 0 Å². The van der Waals surface area contributed by atoms with Crippen LogP contribution in [0.5, 0.6) is 5.75 Å². The Labute approximate surface area is 242 Å². The first-order chi connectivity index (χ1) is 19.6. The second kappa shape index (κ2) is 13.8. The van der Waals surface area contributed by atoms with Gasteiger partial charge in [-0.05, 0) is 48.4 Å². The van der Waals surface area contributed by atoms with Gasteiger partial charge >= 0.3 is 7.12 Å². The van der Waals surface area contributed by atoms with Gasteiger partial charge in [-0.3, -0.25) is 9.59 Å². The highest BCUT2D eigenvalue weighted by atomic mass is 16.5. The van der Waals surface area contributed by atoms with E-state index in [2.05, 4.69) is 5.32 Å². The van der Waals surface area contributed by atoms with Crippen molar-refractivity contribution in [2.24, 2.45) is 17.8 Å². The van der Waals surface area contributed by atoms with E-state index in [-0.39, 0.29) is 36.5 Å². The van der Waals surface area contributed by atoms with Crippen molar-refractivity contribution < 1.29 is 24.4 Å². The fraction of sp³-hybridized carbons (Fsp3) is 0.394. The normalized spacial score (nSPS) is 13.1. The number of fused-ring (bicyclic) bond motifs is 3. The van der Waals surface area contributed by atoms with Crippen molar-refractivity contribution in [1.29, 1.82) is 0 Å². The van der Waals surface area contributed by atoms with E-state index in [4.69, 9.17) is 4.74 Å². The smallest absolute Gasteiger partial charge is 0.475 e. The molecule has 3 aromatic carbocycles. The second-order valence-corrected chi connectivity index (χ2v) is 11.8. The van der Waals surface area contributed by atoms with E-state index in [1.165, 1.54) is 0 Å². The van der Waals surface area contributed by atoms with Crippen LogP contribution in [0.15, 0.2) is 72.8 Å². The zero-order valence-electron chi connectivity index (χ0n) is 24.4. The molecule has 2 atom stereocenters. The third kappa shape index (κ3) is 7.99. The summed E-state index contributed by atoms with van der Waals surface area (Å²) in [5, 5.41) is 24.5. The minimum Gasteiger partial charge on any atom is -0.489 e. The van der Waals surface area contributed by atoms with Crippen molar-refractivity contribution >= 4 is 40.6 Å². The molecule has 41 heavy (non-hydrogen) atoms. The highest BCUT2D eigenvalue weighted by Gasteiger charge is 2.30. The molecule has 4 aromatic rings. The zero-order valence-corrected chi connectivity index (χ0v) is 24.4. The third-order valence-corrected chi connectivity index (χ3v) is 7.34. The Hall–Kier alpha value is -3.62. The first-order valence-corrected chi connectivity index (χ1v) is 14.5. The lowest BCUT2D eigenvalue weighted by Crippen LogP contribution is -2.49. The van der Waals surface area contributed by atoms with Gasteiger partial charge in [0.1, 0.15) is 12.4 Å². The highest BCUT2D eigenvalue weighted by molar-refractivity contribution is 6.43. The number of hydrogen-bond donors (Lipinski definition) is 3. The first-order valence-electron chi connectivity index (χ1n) is 14.5. The number of aromatic nitrogens is 1. The molecule has 4 rings (SSSR count). The number of benzene rings is 3. The van der Waals surface area contributed by atoms with Gasteiger partial charge in [0.15, 0.2) is 5.78 Å². The molecular formula is C33H41BN2O5. The second-order valence-electron chi connectivity index (χ2n) is 11.8. The van der Waals surface area contributed by atoms with E-state index in [0.717, 1.165) is 27.4 Å². The fourth-order valence-electron chi connectivity index (χ4n) is 5.46. The molecule has 0 radical (unpaired) electrons. The van der Waals surface area contributed by atoms with Gasteiger partial charge in [-0.2, -0.15) is 0 Å². The Bertz CT molecular complexity index is 1460. The lowest BCUT2D eigenvalue weighted by molar-refractivity contribution is -0.130. The Morgan fingerprint density at radius 3 is 2.20 bits per heavy atom. The number of amides is 1. The van der Waals surface area contributed by atoms with Crippen LogP contribution in [0.25, 0.3) is 21.8 Å². The molecule has 0 saturated heterocycles. The molecular weight excluding hydrogens is 515 g/mol. The summed E-state index contributed by atoms with van der Waals surface area (Å²) in [6.07, 6.45) is 1.03. The van der Waals surface area contributed by atoms with Crippen LogP contribution < -0.4 is 10.1 Å². The van der Waals surface area contributed by atoms with Crippen LogP contribution in [0, 0.1) is 17.8 Å². The van der Waals surface area contributed by atoms with Crippen LogP contribution in [-0.4, -0.2) is 39.4 Å². The van der Waals surface area contributed by atoms with E-state index in [1.807, 2.05) is 105 Å². The maximum absolute atomic E-state index is 13.6. The zero-order chi connectivity index (χ0) is 29.5. The molecule has 0 bridgehead atoms. The van der Waals surface area contributed by atoms with Gasteiger partial charge in [-0.15, -0.1) is 0 Å². The summed E-state index contributed by atoms with van der Waals surface area (Å²) < 4.78 is 8.09. The lowest BCUT2D eigenvalue weighted by atomic mass is 9.74.